The molecule has 1 amide bonds. The van der Waals surface area contributed by atoms with E-state index in [0.717, 1.165) is 17.2 Å². The lowest BCUT2D eigenvalue weighted by Crippen LogP contribution is -2.32. The van der Waals surface area contributed by atoms with Crippen LogP contribution in [-0.4, -0.2) is 39.5 Å². The summed E-state index contributed by atoms with van der Waals surface area (Å²) < 4.78 is 45.4. The molecule has 5 rings (SSSR count). The highest BCUT2D eigenvalue weighted by atomic mass is 19.4. The summed E-state index contributed by atoms with van der Waals surface area (Å²) in [4.78, 5) is 21.5. The average Bonchev–Trinajstić information content (AvgIpc) is 3.34. The van der Waals surface area contributed by atoms with Gasteiger partial charge in [-0.05, 0) is 12.1 Å². The van der Waals surface area contributed by atoms with Crippen LogP contribution in [0, 0.1) is 11.3 Å². The Morgan fingerprint density at radius 2 is 1.85 bits per heavy atom. The fourth-order valence-corrected chi connectivity index (χ4v) is 3.85. The number of aromatic nitrogens is 3. The summed E-state index contributed by atoms with van der Waals surface area (Å²) in [6.45, 7) is 0.0749. The van der Waals surface area contributed by atoms with Crippen LogP contribution < -0.4 is 16.0 Å². The third-order valence-corrected chi connectivity index (χ3v) is 5.65. The zero-order valence-corrected chi connectivity index (χ0v) is 20.0. The molecule has 2 aromatic heterocycles. The van der Waals surface area contributed by atoms with Gasteiger partial charge in [0.15, 0.2) is 5.69 Å². The number of carbonyl (C=O) groups is 1. The SMILES string of the molecule is N#CCCNc1cc(C(F)(F)F)cnc1-c1nnc(N[C@H]2N=C(c3ccccc3)c3ccccc3NC2=O)o1. The minimum Gasteiger partial charge on any atom is -0.402 e. The predicted octanol–water partition coefficient (Wildman–Crippen LogP) is 4.70. The van der Waals surface area contributed by atoms with Crippen LogP contribution in [0.5, 0.6) is 0 Å². The van der Waals surface area contributed by atoms with Crippen LogP contribution in [0.2, 0.25) is 0 Å². The van der Waals surface area contributed by atoms with Crippen LogP contribution >= 0.6 is 0 Å². The van der Waals surface area contributed by atoms with Crippen LogP contribution in [-0.2, 0) is 11.0 Å². The second-order valence-electron chi connectivity index (χ2n) is 8.29. The molecule has 0 fully saturated rings. The van der Waals surface area contributed by atoms with Crippen molar-refractivity contribution in [1.82, 2.24) is 15.2 Å². The number of nitrogens with one attached hydrogen (secondary N) is 3. The van der Waals surface area contributed by atoms with Gasteiger partial charge in [-0.25, -0.2) is 9.98 Å². The maximum absolute atomic E-state index is 13.2. The van der Waals surface area contributed by atoms with Crippen molar-refractivity contribution in [3.8, 4) is 17.7 Å². The Labute approximate surface area is 219 Å². The van der Waals surface area contributed by atoms with Crippen LogP contribution in [0.1, 0.15) is 23.1 Å². The summed E-state index contributed by atoms with van der Waals surface area (Å²) in [6, 6.07) is 19.1. The molecule has 0 bridgehead atoms. The lowest BCUT2D eigenvalue weighted by Gasteiger charge is -2.12. The number of alkyl halides is 3. The topological polar surface area (TPSA) is 141 Å². The number of halogens is 3. The van der Waals surface area contributed by atoms with E-state index in [1.807, 2.05) is 48.5 Å². The molecule has 0 saturated carbocycles. The van der Waals surface area contributed by atoms with Crippen molar-refractivity contribution in [2.75, 3.05) is 22.5 Å². The number of para-hydroxylation sites is 1. The van der Waals surface area contributed by atoms with Gasteiger partial charge in [-0.3, -0.25) is 4.79 Å². The first-order chi connectivity index (χ1) is 18.8. The minimum atomic E-state index is -4.63. The third kappa shape index (κ3) is 5.54. The molecule has 1 aliphatic rings. The number of nitrogens with zero attached hydrogens (tertiary/aromatic N) is 5. The van der Waals surface area contributed by atoms with E-state index in [-0.39, 0.29) is 36.3 Å². The summed E-state index contributed by atoms with van der Waals surface area (Å²) in [7, 11) is 0. The number of hydrogen-bond donors (Lipinski definition) is 3. The van der Waals surface area contributed by atoms with Gasteiger partial charge >= 0.3 is 12.2 Å². The zero-order valence-electron chi connectivity index (χ0n) is 20.0. The molecule has 13 heteroatoms. The van der Waals surface area contributed by atoms with Gasteiger partial charge in [0.1, 0.15) is 0 Å². The van der Waals surface area contributed by atoms with Gasteiger partial charge in [0.05, 0.1) is 35.1 Å². The van der Waals surface area contributed by atoms with Crippen molar-refractivity contribution in [2.24, 2.45) is 4.99 Å². The maximum atomic E-state index is 13.2. The molecule has 3 N–H and O–H groups in total. The maximum Gasteiger partial charge on any atom is 0.417 e. The molecule has 0 unspecified atom stereocenters. The Bertz CT molecular complexity index is 1580. The minimum absolute atomic E-state index is 0.0395. The number of fused-ring (bicyclic) bond motifs is 1. The zero-order chi connectivity index (χ0) is 27.4. The second kappa shape index (κ2) is 10.6. The summed E-state index contributed by atoms with van der Waals surface area (Å²) in [5, 5.41) is 24.9. The Hall–Kier alpha value is -5.25. The molecule has 39 heavy (non-hydrogen) atoms. The van der Waals surface area contributed by atoms with Gasteiger partial charge in [0, 0.05) is 23.9 Å². The van der Waals surface area contributed by atoms with E-state index in [2.05, 4.69) is 36.1 Å². The lowest BCUT2D eigenvalue weighted by molar-refractivity contribution is -0.137. The molecule has 3 heterocycles. The monoisotopic (exact) mass is 532 g/mol. The van der Waals surface area contributed by atoms with Crippen molar-refractivity contribution < 1.29 is 22.4 Å². The van der Waals surface area contributed by atoms with Crippen LogP contribution in [0.25, 0.3) is 11.6 Å². The molecule has 2 aromatic carbocycles. The quantitative estimate of drug-likeness (QED) is 0.291. The molecule has 0 spiro atoms. The Balaban J connectivity index is 1.46. The van der Waals surface area contributed by atoms with Gasteiger partial charge in [0.2, 0.25) is 6.17 Å². The number of aliphatic imine (C=N–C) groups is 1. The van der Waals surface area contributed by atoms with E-state index in [1.165, 1.54) is 0 Å². The third-order valence-electron chi connectivity index (χ3n) is 5.65. The average molecular weight is 532 g/mol. The van der Waals surface area contributed by atoms with Crippen LogP contribution in [0.3, 0.4) is 0 Å². The number of rotatable bonds is 7. The number of nitriles is 1. The number of hydrogen-bond acceptors (Lipinski definition) is 9. The molecular formula is C26H19F3N8O2. The van der Waals surface area contributed by atoms with Crippen LogP contribution in [0.15, 0.2) is 76.3 Å². The van der Waals surface area contributed by atoms with Crippen molar-refractivity contribution >= 4 is 29.0 Å². The summed E-state index contributed by atoms with van der Waals surface area (Å²) >= 11 is 0. The van der Waals surface area contributed by atoms with Gasteiger partial charge < -0.3 is 20.4 Å². The van der Waals surface area contributed by atoms with Crippen molar-refractivity contribution in [3.05, 3.63) is 83.6 Å². The predicted molar refractivity (Wildman–Crippen MR) is 136 cm³/mol. The van der Waals surface area contributed by atoms with Gasteiger partial charge in [-0.15, -0.1) is 5.10 Å². The molecule has 4 aromatic rings. The number of amides is 1. The number of carbonyl (C=O) groups excluding carboxylic acids is 1. The van der Waals surface area contributed by atoms with E-state index in [1.54, 1.807) is 12.1 Å². The summed E-state index contributed by atoms with van der Waals surface area (Å²) in [5.41, 5.74) is 1.55. The molecule has 0 saturated heterocycles. The van der Waals surface area contributed by atoms with Crippen molar-refractivity contribution in [3.63, 3.8) is 0 Å². The molecule has 0 aliphatic carbocycles. The van der Waals surface area contributed by atoms with E-state index >= 15 is 0 Å². The van der Waals surface area contributed by atoms with Crippen LogP contribution in [0.4, 0.5) is 30.6 Å². The first kappa shape index (κ1) is 25.4. The largest absolute Gasteiger partial charge is 0.417 e. The van der Waals surface area contributed by atoms with E-state index in [4.69, 9.17) is 9.68 Å². The number of benzodiazepines with no additional fused rings is 1. The standard InChI is InChI=1S/C26H19F3N8O2/c27-26(28,29)16-13-19(31-12-6-11-30)21(32-14-16)24-36-37-25(39-24)35-22-23(38)33-18-10-5-4-9-17(18)20(34-22)15-7-2-1-3-8-15/h1-5,7-10,13-14,22,31H,6,12H2,(H,33,38)(H,35,37)/t22-/m1/s1. The van der Waals surface area contributed by atoms with Crippen molar-refractivity contribution in [2.45, 2.75) is 18.8 Å². The fraction of sp³-hybridized carbons (Fsp3) is 0.154. The highest BCUT2D eigenvalue weighted by molar-refractivity contribution is 6.19. The Morgan fingerprint density at radius 3 is 2.62 bits per heavy atom. The van der Waals surface area contributed by atoms with Gasteiger partial charge in [-0.2, -0.15) is 18.4 Å². The number of anilines is 3. The molecule has 1 aliphatic heterocycles. The fourth-order valence-electron chi connectivity index (χ4n) is 3.85. The molecular weight excluding hydrogens is 513 g/mol. The highest BCUT2D eigenvalue weighted by Gasteiger charge is 2.33. The van der Waals surface area contributed by atoms with E-state index < -0.39 is 23.8 Å². The molecule has 196 valence electrons. The van der Waals surface area contributed by atoms with E-state index in [9.17, 15) is 18.0 Å². The Morgan fingerprint density at radius 1 is 1.08 bits per heavy atom. The molecule has 0 radical (unpaired) electrons. The second-order valence-corrected chi connectivity index (χ2v) is 8.29. The highest BCUT2D eigenvalue weighted by Crippen LogP contribution is 2.34. The van der Waals surface area contributed by atoms with Gasteiger partial charge in [-0.1, -0.05) is 53.6 Å². The van der Waals surface area contributed by atoms with Gasteiger partial charge in [0.25, 0.3) is 11.8 Å². The lowest BCUT2D eigenvalue weighted by atomic mass is 10.0. The van der Waals surface area contributed by atoms with E-state index in [0.29, 0.717) is 17.6 Å². The summed E-state index contributed by atoms with van der Waals surface area (Å²) in [6.07, 6.45) is -5.10. The normalized spacial score (nSPS) is 14.9. The first-order valence-electron chi connectivity index (χ1n) is 11.7. The number of pyridine rings is 1. The number of benzene rings is 2. The first-order valence-corrected chi connectivity index (χ1v) is 11.7. The smallest absolute Gasteiger partial charge is 0.402 e. The molecule has 1 atom stereocenters. The Kier molecular flexibility index (Phi) is 6.92. The molecule has 10 nitrogen and oxygen atoms in total. The summed E-state index contributed by atoms with van der Waals surface area (Å²) in [5.74, 6) is -0.685. The van der Waals surface area contributed by atoms with Crippen molar-refractivity contribution in [1.29, 1.82) is 5.26 Å².